The highest BCUT2D eigenvalue weighted by Gasteiger charge is 2.07. The predicted octanol–water partition coefficient (Wildman–Crippen LogP) is 3.47. The van der Waals surface area contributed by atoms with Gasteiger partial charge >= 0.3 is 0 Å². The van der Waals surface area contributed by atoms with Crippen LogP contribution in [0.3, 0.4) is 0 Å². The van der Waals surface area contributed by atoms with Crippen LogP contribution in [0.25, 0.3) is 0 Å². The van der Waals surface area contributed by atoms with Crippen molar-refractivity contribution in [1.29, 1.82) is 0 Å². The van der Waals surface area contributed by atoms with E-state index in [9.17, 15) is 14.0 Å². The molecule has 4 nitrogen and oxygen atoms in total. The Morgan fingerprint density at radius 3 is 2.38 bits per heavy atom. The summed E-state index contributed by atoms with van der Waals surface area (Å²) in [5.41, 5.74) is 1.07. The first-order valence-electron chi connectivity index (χ1n) is 7.18. The van der Waals surface area contributed by atoms with Gasteiger partial charge in [0.2, 0.25) is 11.8 Å². The van der Waals surface area contributed by atoms with Gasteiger partial charge in [-0.2, -0.15) is 0 Å². The molecule has 2 aromatic carbocycles. The molecule has 0 bridgehead atoms. The lowest BCUT2D eigenvalue weighted by molar-refractivity contribution is -0.118. The number of anilines is 1. The van der Waals surface area contributed by atoms with Crippen LogP contribution in [0.2, 0.25) is 5.02 Å². The van der Waals surface area contributed by atoms with Gasteiger partial charge in [0.25, 0.3) is 0 Å². The third kappa shape index (κ3) is 6.22. The number of carbonyl (C=O) groups is 2. The zero-order chi connectivity index (χ0) is 17.4. The first-order valence-corrected chi connectivity index (χ1v) is 8.71. The number of thioether (sulfide) groups is 1. The van der Waals surface area contributed by atoms with Gasteiger partial charge in [-0.3, -0.25) is 9.59 Å². The largest absolute Gasteiger partial charge is 0.351 e. The Bertz CT molecular complexity index is 710. The number of hydrogen-bond donors (Lipinski definition) is 2. The molecule has 24 heavy (non-hydrogen) atoms. The topological polar surface area (TPSA) is 58.2 Å². The van der Waals surface area contributed by atoms with Gasteiger partial charge in [-0.15, -0.1) is 11.8 Å². The molecule has 2 N–H and O–H groups in total. The molecule has 0 saturated carbocycles. The van der Waals surface area contributed by atoms with Gasteiger partial charge in [0.05, 0.1) is 11.5 Å². The Hall–Kier alpha value is -2.05. The van der Waals surface area contributed by atoms with Crippen LogP contribution >= 0.6 is 23.4 Å². The fraction of sp³-hybridized carbons (Fsp3) is 0.176. The molecule has 126 valence electrons. The summed E-state index contributed by atoms with van der Waals surface area (Å²) < 4.78 is 13.4. The molecule has 0 atom stereocenters. The number of halogens is 2. The SMILES string of the molecule is O=C(CSCC(=O)Nc1ccc(Cl)cc1)NCc1ccccc1F. The number of amides is 2. The average Bonchev–Trinajstić information content (AvgIpc) is 2.56. The normalized spacial score (nSPS) is 10.2. The standard InChI is InChI=1S/C17H16ClFN2O2S/c18-13-5-7-14(8-6-13)21-17(23)11-24-10-16(22)20-9-12-3-1-2-4-15(12)19/h1-8H,9-11H2,(H,20,22)(H,21,23). The van der Waals surface area contributed by atoms with Crippen molar-refractivity contribution in [2.75, 3.05) is 16.8 Å². The van der Waals surface area contributed by atoms with Crippen molar-refractivity contribution in [1.82, 2.24) is 5.32 Å². The second kappa shape index (κ2) is 9.30. The van der Waals surface area contributed by atoms with E-state index >= 15 is 0 Å². The fourth-order valence-corrected chi connectivity index (χ4v) is 2.63. The molecule has 2 rings (SSSR count). The summed E-state index contributed by atoms with van der Waals surface area (Å²) in [7, 11) is 0. The summed E-state index contributed by atoms with van der Waals surface area (Å²) >= 11 is 6.95. The van der Waals surface area contributed by atoms with Gasteiger partial charge in [0.1, 0.15) is 5.82 Å². The van der Waals surface area contributed by atoms with E-state index in [0.29, 0.717) is 16.3 Å². The van der Waals surface area contributed by atoms with Crippen LogP contribution in [0.5, 0.6) is 0 Å². The van der Waals surface area contributed by atoms with Gasteiger partial charge < -0.3 is 10.6 Å². The van der Waals surface area contributed by atoms with Gasteiger partial charge in [-0.1, -0.05) is 29.8 Å². The molecule has 0 aliphatic heterocycles. The van der Waals surface area contributed by atoms with Crippen molar-refractivity contribution < 1.29 is 14.0 Å². The highest BCUT2D eigenvalue weighted by molar-refractivity contribution is 8.00. The Kier molecular flexibility index (Phi) is 7.08. The Balaban J connectivity index is 1.66. The molecule has 0 aliphatic carbocycles. The Morgan fingerprint density at radius 2 is 1.67 bits per heavy atom. The number of hydrogen-bond acceptors (Lipinski definition) is 3. The summed E-state index contributed by atoms with van der Waals surface area (Å²) in [6.45, 7) is 0.128. The second-order valence-electron chi connectivity index (χ2n) is 4.92. The van der Waals surface area contributed by atoms with Crippen LogP contribution in [0.1, 0.15) is 5.56 Å². The zero-order valence-corrected chi connectivity index (χ0v) is 14.3. The first kappa shape index (κ1) is 18.3. The molecule has 0 unspecified atom stereocenters. The van der Waals surface area contributed by atoms with Crippen LogP contribution in [-0.2, 0) is 16.1 Å². The van der Waals surface area contributed by atoms with Gasteiger partial charge in [-0.05, 0) is 30.3 Å². The molecule has 0 heterocycles. The van der Waals surface area contributed by atoms with Crippen LogP contribution in [-0.4, -0.2) is 23.3 Å². The monoisotopic (exact) mass is 366 g/mol. The van der Waals surface area contributed by atoms with E-state index in [1.807, 2.05) is 0 Å². The first-order chi connectivity index (χ1) is 11.5. The van der Waals surface area contributed by atoms with E-state index in [-0.39, 0.29) is 35.7 Å². The third-order valence-electron chi connectivity index (χ3n) is 3.03. The van der Waals surface area contributed by atoms with E-state index in [4.69, 9.17) is 11.6 Å². The van der Waals surface area contributed by atoms with Crippen molar-refractivity contribution in [3.8, 4) is 0 Å². The summed E-state index contributed by atoms with van der Waals surface area (Å²) in [5, 5.41) is 5.92. The average molecular weight is 367 g/mol. The van der Waals surface area contributed by atoms with E-state index in [0.717, 1.165) is 0 Å². The summed E-state index contributed by atoms with van der Waals surface area (Å²) in [6, 6.07) is 13.0. The Morgan fingerprint density at radius 1 is 1.00 bits per heavy atom. The number of carbonyl (C=O) groups excluding carboxylic acids is 2. The van der Waals surface area contributed by atoms with Gasteiger partial charge in [0, 0.05) is 22.8 Å². The molecular formula is C17H16ClFN2O2S. The predicted molar refractivity (Wildman–Crippen MR) is 95.7 cm³/mol. The van der Waals surface area contributed by atoms with Crippen molar-refractivity contribution in [2.24, 2.45) is 0 Å². The van der Waals surface area contributed by atoms with Crippen LogP contribution < -0.4 is 10.6 Å². The van der Waals surface area contributed by atoms with Crippen molar-refractivity contribution in [2.45, 2.75) is 6.54 Å². The zero-order valence-electron chi connectivity index (χ0n) is 12.7. The minimum atomic E-state index is -0.354. The van der Waals surface area contributed by atoms with Crippen molar-refractivity contribution >= 4 is 40.9 Å². The van der Waals surface area contributed by atoms with Crippen LogP contribution in [0.4, 0.5) is 10.1 Å². The summed E-state index contributed by atoms with van der Waals surface area (Å²) in [4.78, 5) is 23.5. The molecule has 2 amide bonds. The molecule has 0 aromatic heterocycles. The molecule has 0 radical (unpaired) electrons. The maximum Gasteiger partial charge on any atom is 0.234 e. The quantitative estimate of drug-likeness (QED) is 0.788. The number of benzene rings is 2. The lowest BCUT2D eigenvalue weighted by Crippen LogP contribution is -2.26. The smallest absolute Gasteiger partial charge is 0.234 e. The molecule has 0 spiro atoms. The van der Waals surface area contributed by atoms with E-state index in [2.05, 4.69) is 10.6 Å². The highest BCUT2D eigenvalue weighted by Crippen LogP contribution is 2.14. The van der Waals surface area contributed by atoms with Crippen molar-refractivity contribution in [3.05, 3.63) is 64.9 Å². The number of rotatable bonds is 7. The van der Waals surface area contributed by atoms with E-state index < -0.39 is 0 Å². The van der Waals surface area contributed by atoms with Crippen LogP contribution in [0.15, 0.2) is 48.5 Å². The second-order valence-corrected chi connectivity index (χ2v) is 6.34. The molecule has 0 fully saturated rings. The lowest BCUT2D eigenvalue weighted by Gasteiger charge is -2.07. The van der Waals surface area contributed by atoms with Crippen LogP contribution in [0, 0.1) is 5.82 Å². The van der Waals surface area contributed by atoms with Gasteiger partial charge in [0.15, 0.2) is 0 Å². The minimum absolute atomic E-state index is 0.127. The maximum atomic E-state index is 13.4. The summed E-state index contributed by atoms with van der Waals surface area (Å²) in [6.07, 6.45) is 0. The summed E-state index contributed by atoms with van der Waals surface area (Å²) in [5.74, 6) is -0.530. The van der Waals surface area contributed by atoms with E-state index in [1.165, 1.54) is 17.8 Å². The van der Waals surface area contributed by atoms with E-state index in [1.54, 1.807) is 42.5 Å². The molecule has 2 aromatic rings. The Labute approximate surface area is 148 Å². The number of nitrogens with one attached hydrogen (secondary N) is 2. The fourth-order valence-electron chi connectivity index (χ4n) is 1.85. The third-order valence-corrected chi connectivity index (χ3v) is 4.21. The van der Waals surface area contributed by atoms with Gasteiger partial charge in [-0.25, -0.2) is 4.39 Å². The molecular weight excluding hydrogens is 351 g/mol. The van der Waals surface area contributed by atoms with Crippen molar-refractivity contribution in [3.63, 3.8) is 0 Å². The molecule has 0 saturated heterocycles. The highest BCUT2D eigenvalue weighted by atomic mass is 35.5. The minimum Gasteiger partial charge on any atom is -0.351 e. The maximum absolute atomic E-state index is 13.4. The molecule has 7 heteroatoms. The lowest BCUT2D eigenvalue weighted by atomic mass is 10.2. The molecule has 0 aliphatic rings.